The SMILES string of the molecule is CCC(C)NC(CC)C(O)c1ccc(F)c(F)c1. The zero-order valence-corrected chi connectivity index (χ0v) is 11.1. The molecule has 18 heavy (non-hydrogen) atoms. The second-order valence-electron chi connectivity index (χ2n) is 4.61. The number of aliphatic hydroxyl groups excluding tert-OH is 1. The maximum Gasteiger partial charge on any atom is 0.159 e. The fourth-order valence-electron chi connectivity index (χ4n) is 1.84. The first-order valence-electron chi connectivity index (χ1n) is 6.38. The van der Waals surface area contributed by atoms with Crippen molar-refractivity contribution in [3.63, 3.8) is 0 Å². The van der Waals surface area contributed by atoms with E-state index in [9.17, 15) is 13.9 Å². The normalized spacial score (nSPS) is 16.3. The van der Waals surface area contributed by atoms with Crippen molar-refractivity contribution in [1.82, 2.24) is 5.32 Å². The average Bonchev–Trinajstić information content (AvgIpc) is 2.38. The minimum Gasteiger partial charge on any atom is -0.387 e. The molecule has 2 nitrogen and oxygen atoms in total. The van der Waals surface area contributed by atoms with Gasteiger partial charge in [-0.3, -0.25) is 0 Å². The van der Waals surface area contributed by atoms with Gasteiger partial charge in [0.25, 0.3) is 0 Å². The Bertz CT molecular complexity index is 384. The van der Waals surface area contributed by atoms with E-state index in [2.05, 4.69) is 5.32 Å². The molecular weight excluding hydrogens is 236 g/mol. The van der Waals surface area contributed by atoms with Gasteiger partial charge in [0, 0.05) is 12.1 Å². The van der Waals surface area contributed by atoms with Gasteiger partial charge in [0.05, 0.1) is 6.10 Å². The molecule has 0 aliphatic rings. The monoisotopic (exact) mass is 257 g/mol. The van der Waals surface area contributed by atoms with Gasteiger partial charge in [-0.2, -0.15) is 0 Å². The lowest BCUT2D eigenvalue weighted by atomic mass is 9.99. The summed E-state index contributed by atoms with van der Waals surface area (Å²) in [5, 5.41) is 13.5. The zero-order chi connectivity index (χ0) is 13.7. The van der Waals surface area contributed by atoms with Crippen molar-refractivity contribution in [3.05, 3.63) is 35.4 Å². The third-order valence-corrected chi connectivity index (χ3v) is 3.22. The van der Waals surface area contributed by atoms with Crippen molar-refractivity contribution in [2.45, 2.75) is 51.8 Å². The maximum absolute atomic E-state index is 13.1. The largest absolute Gasteiger partial charge is 0.387 e. The predicted molar refractivity (Wildman–Crippen MR) is 68.3 cm³/mol. The molecular formula is C14H21F2NO. The van der Waals surface area contributed by atoms with E-state index in [1.807, 2.05) is 20.8 Å². The van der Waals surface area contributed by atoms with Gasteiger partial charge in [0.1, 0.15) is 0 Å². The first kappa shape index (κ1) is 15.1. The van der Waals surface area contributed by atoms with Gasteiger partial charge in [0.2, 0.25) is 0 Å². The van der Waals surface area contributed by atoms with Gasteiger partial charge in [-0.15, -0.1) is 0 Å². The fourth-order valence-corrected chi connectivity index (χ4v) is 1.84. The van der Waals surface area contributed by atoms with Crippen LogP contribution in [0.25, 0.3) is 0 Å². The lowest BCUT2D eigenvalue weighted by Gasteiger charge is -2.26. The molecule has 2 N–H and O–H groups in total. The number of benzene rings is 1. The smallest absolute Gasteiger partial charge is 0.159 e. The number of halogens is 2. The van der Waals surface area contributed by atoms with Gasteiger partial charge in [-0.1, -0.05) is 19.9 Å². The summed E-state index contributed by atoms with van der Waals surface area (Å²) in [5.74, 6) is -1.82. The van der Waals surface area contributed by atoms with Gasteiger partial charge in [0.15, 0.2) is 11.6 Å². The number of hydrogen-bond acceptors (Lipinski definition) is 2. The molecule has 0 fully saturated rings. The Balaban J connectivity index is 2.82. The van der Waals surface area contributed by atoms with Crippen molar-refractivity contribution in [1.29, 1.82) is 0 Å². The summed E-state index contributed by atoms with van der Waals surface area (Å²) in [6, 6.07) is 3.63. The zero-order valence-electron chi connectivity index (χ0n) is 11.1. The number of aliphatic hydroxyl groups is 1. The summed E-state index contributed by atoms with van der Waals surface area (Å²) < 4.78 is 26.0. The molecule has 0 bridgehead atoms. The van der Waals surface area contributed by atoms with Crippen LogP contribution < -0.4 is 5.32 Å². The van der Waals surface area contributed by atoms with E-state index in [4.69, 9.17) is 0 Å². The molecule has 0 radical (unpaired) electrons. The van der Waals surface area contributed by atoms with Crippen LogP contribution >= 0.6 is 0 Å². The molecule has 4 heteroatoms. The van der Waals surface area contributed by atoms with Crippen LogP contribution in [0.5, 0.6) is 0 Å². The van der Waals surface area contributed by atoms with Crippen LogP contribution in [0.4, 0.5) is 8.78 Å². The molecule has 0 saturated heterocycles. The van der Waals surface area contributed by atoms with Crippen LogP contribution in [-0.2, 0) is 0 Å². The Labute approximate surface area is 107 Å². The molecule has 0 aliphatic carbocycles. The number of rotatable bonds is 6. The van der Waals surface area contributed by atoms with E-state index in [-0.39, 0.29) is 12.1 Å². The van der Waals surface area contributed by atoms with Crippen molar-refractivity contribution in [2.75, 3.05) is 0 Å². The Hall–Kier alpha value is -1.00. The fraction of sp³-hybridized carbons (Fsp3) is 0.571. The standard InChI is InChI=1S/C14H21F2NO/c1-4-9(3)17-13(5-2)14(18)10-6-7-11(15)12(16)8-10/h6-9,13-14,17-18H,4-5H2,1-3H3. The van der Waals surface area contributed by atoms with E-state index in [0.717, 1.165) is 18.6 Å². The highest BCUT2D eigenvalue weighted by Crippen LogP contribution is 2.21. The highest BCUT2D eigenvalue weighted by molar-refractivity contribution is 5.21. The summed E-state index contributed by atoms with van der Waals surface area (Å²) in [5.41, 5.74) is 0.400. The Kier molecular flexibility index (Phi) is 5.69. The van der Waals surface area contributed by atoms with E-state index < -0.39 is 17.7 Å². The molecule has 0 aromatic heterocycles. The Morgan fingerprint density at radius 3 is 2.33 bits per heavy atom. The Morgan fingerprint density at radius 2 is 1.83 bits per heavy atom. The van der Waals surface area contributed by atoms with E-state index in [1.165, 1.54) is 6.07 Å². The molecule has 0 saturated carbocycles. The van der Waals surface area contributed by atoms with Crippen molar-refractivity contribution >= 4 is 0 Å². The molecule has 102 valence electrons. The van der Waals surface area contributed by atoms with Crippen molar-refractivity contribution < 1.29 is 13.9 Å². The highest BCUT2D eigenvalue weighted by atomic mass is 19.2. The molecule has 1 rings (SSSR count). The summed E-state index contributed by atoms with van der Waals surface area (Å²) in [7, 11) is 0. The highest BCUT2D eigenvalue weighted by Gasteiger charge is 2.21. The van der Waals surface area contributed by atoms with Crippen LogP contribution in [0.15, 0.2) is 18.2 Å². The molecule has 0 aliphatic heterocycles. The average molecular weight is 257 g/mol. The first-order valence-corrected chi connectivity index (χ1v) is 6.38. The van der Waals surface area contributed by atoms with Gasteiger partial charge in [-0.05, 0) is 37.5 Å². The quantitative estimate of drug-likeness (QED) is 0.820. The molecule has 0 amide bonds. The van der Waals surface area contributed by atoms with Crippen LogP contribution in [0.2, 0.25) is 0 Å². The first-order chi connectivity index (χ1) is 8.49. The molecule has 3 atom stereocenters. The van der Waals surface area contributed by atoms with Crippen LogP contribution in [0, 0.1) is 11.6 Å². The second kappa shape index (κ2) is 6.81. The van der Waals surface area contributed by atoms with Gasteiger partial charge >= 0.3 is 0 Å². The van der Waals surface area contributed by atoms with Gasteiger partial charge in [-0.25, -0.2) is 8.78 Å². The van der Waals surface area contributed by atoms with E-state index in [1.54, 1.807) is 0 Å². The molecule has 0 heterocycles. The van der Waals surface area contributed by atoms with Crippen molar-refractivity contribution in [2.24, 2.45) is 0 Å². The Morgan fingerprint density at radius 1 is 1.17 bits per heavy atom. The summed E-state index contributed by atoms with van der Waals surface area (Å²) >= 11 is 0. The third kappa shape index (κ3) is 3.75. The van der Waals surface area contributed by atoms with Crippen LogP contribution in [0.3, 0.4) is 0 Å². The van der Waals surface area contributed by atoms with Crippen LogP contribution in [-0.4, -0.2) is 17.2 Å². The molecule has 1 aromatic rings. The minimum atomic E-state index is -0.926. The maximum atomic E-state index is 13.1. The predicted octanol–water partition coefficient (Wildman–Crippen LogP) is 3.16. The van der Waals surface area contributed by atoms with E-state index in [0.29, 0.717) is 12.0 Å². The minimum absolute atomic E-state index is 0.162. The second-order valence-corrected chi connectivity index (χ2v) is 4.61. The topological polar surface area (TPSA) is 32.3 Å². The molecule has 0 spiro atoms. The van der Waals surface area contributed by atoms with Crippen molar-refractivity contribution in [3.8, 4) is 0 Å². The molecule has 1 aromatic carbocycles. The number of nitrogens with one attached hydrogen (secondary N) is 1. The third-order valence-electron chi connectivity index (χ3n) is 3.22. The lowest BCUT2D eigenvalue weighted by molar-refractivity contribution is 0.119. The van der Waals surface area contributed by atoms with Crippen LogP contribution in [0.1, 0.15) is 45.3 Å². The van der Waals surface area contributed by atoms with E-state index >= 15 is 0 Å². The molecule has 3 unspecified atom stereocenters. The summed E-state index contributed by atoms with van der Waals surface area (Å²) in [6.45, 7) is 6.03. The van der Waals surface area contributed by atoms with Gasteiger partial charge < -0.3 is 10.4 Å². The lowest BCUT2D eigenvalue weighted by Crippen LogP contribution is -2.40. The summed E-state index contributed by atoms with van der Waals surface area (Å²) in [6.07, 6.45) is 0.824. The summed E-state index contributed by atoms with van der Waals surface area (Å²) in [4.78, 5) is 0. The number of hydrogen-bond donors (Lipinski definition) is 2.